The highest BCUT2D eigenvalue weighted by Crippen LogP contribution is 2.64. The molecule has 1 aromatic rings. The van der Waals surface area contributed by atoms with Crippen LogP contribution in [0.2, 0.25) is 0 Å². The topological polar surface area (TPSA) is 63.5 Å². The van der Waals surface area contributed by atoms with Crippen molar-refractivity contribution in [3.63, 3.8) is 0 Å². The SMILES string of the molecule is COc1cc(OC)c2c(c1)C13CC4C(COC1=N2)C1CC3N4CC1=CCO. The average molecular weight is 368 g/mol. The van der Waals surface area contributed by atoms with E-state index in [1.165, 1.54) is 11.1 Å². The molecule has 1 aromatic carbocycles. The molecule has 6 unspecified atom stereocenters. The van der Waals surface area contributed by atoms with E-state index in [1.807, 2.05) is 12.1 Å². The van der Waals surface area contributed by atoms with Gasteiger partial charge in [-0.15, -0.1) is 0 Å². The van der Waals surface area contributed by atoms with Crippen LogP contribution in [0.4, 0.5) is 5.69 Å². The second-order valence-electron chi connectivity index (χ2n) is 8.35. The van der Waals surface area contributed by atoms with E-state index in [0.29, 0.717) is 30.5 Å². The molecule has 6 aliphatic rings. The zero-order valence-corrected chi connectivity index (χ0v) is 15.6. The fourth-order valence-corrected chi connectivity index (χ4v) is 6.54. The summed E-state index contributed by atoms with van der Waals surface area (Å²) < 4.78 is 17.6. The molecule has 6 nitrogen and oxygen atoms in total. The number of aliphatic imine (C=N–C) groups is 1. The molecule has 7 rings (SSSR count). The van der Waals surface area contributed by atoms with Crippen LogP contribution < -0.4 is 9.47 Å². The van der Waals surface area contributed by atoms with E-state index >= 15 is 0 Å². The van der Waals surface area contributed by atoms with Crippen molar-refractivity contribution in [1.29, 1.82) is 0 Å². The van der Waals surface area contributed by atoms with Gasteiger partial charge in [-0.2, -0.15) is 0 Å². The number of nitrogens with zero attached hydrogens (tertiary/aromatic N) is 2. The zero-order chi connectivity index (χ0) is 18.3. The Bertz CT molecular complexity index is 894. The number of benzene rings is 1. The molecule has 0 saturated carbocycles. The summed E-state index contributed by atoms with van der Waals surface area (Å²) in [6, 6.07) is 4.94. The van der Waals surface area contributed by atoms with Crippen LogP contribution in [0.15, 0.2) is 28.8 Å². The van der Waals surface area contributed by atoms with Crippen LogP contribution in [0.3, 0.4) is 0 Å². The van der Waals surface area contributed by atoms with E-state index in [1.54, 1.807) is 14.2 Å². The molecule has 1 spiro atoms. The molecule has 5 saturated heterocycles. The first kappa shape index (κ1) is 16.0. The van der Waals surface area contributed by atoms with E-state index in [-0.39, 0.29) is 12.0 Å². The fourth-order valence-electron chi connectivity index (χ4n) is 6.54. The molecule has 5 bridgehead atoms. The van der Waals surface area contributed by atoms with Gasteiger partial charge >= 0.3 is 0 Å². The first-order valence-electron chi connectivity index (χ1n) is 9.75. The third-order valence-electron chi connectivity index (χ3n) is 7.60. The van der Waals surface area contributed by atoms with E-state index in [9.17, 15) is 5.11 Å². The first-order chi connectivity index (χ1) is 13.2. The minimum absolute atomic E-state index is 0.123. The van der Waals surface area contributed by atoms with Crippen LogP contribution in [0.1, 0.15) is 18.4 Å². The Hall–Kier alpha value is -2.05. The number of fused-ring (bicyclic) bond motifs is 2. The number of aliphatic hydroxyl groups is 1. The lowest BCUT2D eigenvalue weighted by Gasteiger charge is -2.54. The molecule has 27 heavy (non-hydrogen) atoms. The van der Waals surface area contributed by atoms with Gasteiger partial charge in [0.1, 0.15) is 17.2 Å². The minimum Gasteiger partial charge on any atom is -0.497 e. The van der Waals surface area contributed by atoms with Crippen LogP contribution in [0, 0.1) is 11.8 Å². The summed E-state index contributed by atoms with van der Waals surface area (Å²) in [6.07, 6.45) is 4.17. The quantitative estimate of drug-likeness (QED) is 0.827. The molecule has 0 amide bonds. The summed E-state index contributed by atoms with van der Waals surface area (Å²) >= 11 is 0. The van der Waals surface area contributed by atoms with Crippen LogP contribution in [0.5, 0.6) is 11.5 Å². The highest BCUT2D eigenvalue weighted by atomic mass is 16.5. The maximum Gasteiger partial charge on any atom is 0.201 e. The van der Waals surface area contributed by atoms with Gasteiger partial charge in [0.15, 0.2) is 0 Å². The van der Waals surface area contributed by atoms with Gasteiger partial charge in [0, 0.05) is 36.2 Å². The van der Waals surface area contributed by atoms with Crippen LogP contribution >= 0.6 is 0 Å². The van der Waals surface area contributed by atoms with Crippen LogP contribution in [-0.4, -0.2) is 62.0 Å². The van der Waals surface area contributed by atoms with Gasteiger partial charge in [-0.25, -0.2) is 4.99 Å². The predicted octanol–water partition coefficient (Wildman–Crippen LogP) is 2.03. The Morgan fingerprint density at radius 3 is 3.04 bits per heavy atom. The van der Waals surface area contributed by atoms with E-state index in [0.717, 1.165) is 42.5 Å². The van der Waals surface area contributed by atoms with Gasteiger partial charge < -0.3 is 19.3 Å². The number of hydrogen-bond donors (Lipinski definition) is 1. The van der Waals surface area contributed by atoms with Gasteiger partial charge in [0.2, 0.25) is 5.90 Å². The van der Waals surface area contributed by atoms with Gasteiger partial charge in [-0.05, 0) is 24.8 Å². The lowest BCUT2D eigenvalue weighted by Crippen LogP contribution is -2.61. The number of piperidine rings is 3. The Balaban J connectivity index is 1.54. The summed E-state index contributed by atoms with van der Waals surface area (Å²) in [5, 5.41) is 9.44. The van der Waals surface area contributed by atoms with Gasteiger partial charge in [-0.3, -0.25) is 4.90 Å². The molecule has 6 atom stereocenters. The number of ether oxygens (including phenoxy) is 3. The van der Waals surface area contributed by atoms with Crippen molar-refractivity contribution in [2.75, 3.05) is 34.0 Å². The van der Waals surface area contributed by atoms with Gasteiger partial charge in [0.25, 0.3) is 0 Å². The van der Waals surface area contributed by atoms with E-state index < -0.39 is 0 Å². The maximum absolute atomic E-state index is 9.44. The first-order valence-corrected chi connectivity index (χ1v) is 9.75. The normalized spacial score (nSPS) is 41.1. The molecular formula is C21H24N2O4. The van der Waals surface area contributed by atoms with Crippen LogP contribution in [0.25, 0.3) is 0 Å². The predicted molar refractivity (Wildman–Crippen MR) is 99.9 cm³/mol. The van der Waals surface area contributed by atoms with Crippen molar-refractivity contribution in [2.45, 2.75) is 30.3 Å². The Morgan fingerprint density at radius 2 is 2.26 bits per heavy atom. The molecule has 6 aliphatic heterocycles. The lowest BCUT2D eigenvalue weighted by atomic mass is 9.68. The minimum atomic E-state index is -0.198. The standard InChI is InChI=1S/C21H24N2O4/c1-25-12-5-15-19(17(6-12)26-2)22-20-21(15)8-16-14(10-27-20)13-7-18(21)23(16)9-11(13)3-4-24/h3,5-6,13-14,16,18,24H,4,7-10H2,1-2H3. The zero-order valence-electron chi connectivity index (χ0n) is 15.6. The summed E-state index contributed by atoms with van der Waals surface area (Å²) in [5.41, 5.74) is 3.29. The third kappa shape index (κ3) is 1.76. The molecule has 5 fully saturated rings. The van der Waals surface area contributed by atoms with E-state index in [2.05, 4.69) is 11.0 Å². The summed E-state index contributed by atoms with van der Waals surface area (Å²) in [6.45, 7) is 1.79. The molecule has 0 aromatic heterocycles. The largest absolute Gasteiger partial charge is 0.497 e. The smallest absolute Gasteiger partial charge is 0.201 e. The van der Waals surface area contributed by atoms with Crippen molar-refractivity contribution < 1.29 is 19.3 Å². The van der Waals surface area contributed by atoms with Crippen molar-refractivity contribution >= 4 is 11.6 Å². The molecule has 0 radical (unpaired) electrons. The number of aliphatic hydroxyl groups excluding tert-OH is 1. The van der Waals surface area contributed by atoms with Crippen molar-refractivity contribution in [3.05, 3.63) is 29.3 Å². The van der Waals surface area contributed by atoms with Gasteiger partial charge in [-0.1, -0.05) is 11.6 Å². The highest BCUT2D eigenvalue weighted by molar-refractivity contribution is 6.00. The second kappa shape index (κ2) is 5.26. The summed E-state index contributed by atoms with van der Waals surface area (Å²) in [7, 11) is 3.38. The van der Waals surface area contributed by atoms with Crippen molar-refractivity contribution in [1.82, 2.24) is 4.90 Å². The van der Waals surface area contributed by atoms with Crippen molar-refractivity contribution in [2.24, 2.45) is 16.8 Å². The lowest BCUT2D eigenvalue weighted by molar-refractivity contribution is -0.0154. The molecule has 6 heterocycles. The monoisotopic (exact) mass is 368 g/mol. The Labute approximate surface area is 158 Å². The summed E-state index contributed by atoms with van der Waals surface area (Å²) in [4.78, 5) is 7.60. The van der Waals surface area contributed by atoms with E-state index in [4.69, 9.17) is 19.2 Å². The number of methoxy groups -OCH3 is 2. The number of hydrogen-bond acceptors (Lipinski definition) is 6. The fraction of sp³-hybridized carbons (Fsp3) is 0.571. The van der Waals surface area contributed by atoms with Gasteiger partial charge in [0.05, 0.1) is 32.8 Å². The second-order valence-corrected chi connectivity index (χ2v) is 8.35. The maximum atomic E-state index is 9.44. The highest BCUT2D eigenvalue weighted by Gasteiger charge is 2.69. The summed E-state index contributed by atoms with van der Waals surface area (Å²) in [5.74, 6) is 3.42. The Kier molecular flexibility index (Phi) is 3.11. The molecule has 0 aliphatic carbocycles. The number of rotatable bonds is 3. The molecular weight excluding hydrogens is 344 g/mol. The van der Waals surface area contributed by atoms with Crippen molar-refractivity contribution in [3.8, 4) is 11.5 Å². The third-order valence-corrected chi connectivity index (χ3v) is 7.60. The molecule has 142 valence electrons. The molecule has 6 heteroatoms. The Morgan fingerprint density at radius 1 is 1.37 bits per heavy atom. The average Bonchev–Trinajstić information content (AvgIpc) is 3.04. The van der Waals surface area contributed by atoms with Crippen LogP contribution in [-0.2, 0) is 10.2 Å². The molecule has 1 N–H and O–H groups in total.